The first-order valence-corrected chi connectivity index (χ1v) is 9.43. The van der Waals surface area contributed by atoms with Crippen LogP contribution < -0.4 is 5.11 Å². The molecule has 0 spiro atoms. The molecule has 1 radical (unpaired) electrons. The van der Waals surface area contributed by atoms with Crippen LogP contribution in [0, 0.1) is 0 Å². The fourth-order valence-electron chi connectivity index (χ4n) is 2.76. The van der Waals surface area contributed by atoms with Crippen LogP contribution in [0.1, 0.15) is 103 Å². The molecular weight excluding hydrogens is 430 g/mol. The van der Waals surface area contributed by atoms with Crippen molar-refractivity contribution in [3.8, 4) is 0 Å². The van der Waals surface area contributed by atoms with Crippen molar-refractivity contribution in [3.63, 3.8) is 0 Å². The first kappa shape index (κ1) is 26.7. The normalized spacial score (nSPS) is 10.2. The summed E-state index contributed by atoms with van der Waals surface area (Å²) in [5.41, 5.74) is 0. The summed E-state index contributed by atoms with van der Waals surface area (Å²) in [7, 11) is 1.44. The van der Waals surface area contributed by atoms with E-state index in [1.807, 2.05) is 0 Å². The van der Waals surface area contributed by atoms with Gasteiger partial charge in [-0.1, -0.05) is 77.0 Å². The molecule has 0 saturated heterocycles. The standard InChI is InChI=1S/C19H36O4.Ba/c1-23-19(22)17-15-13-11-9-7-5-3-2-4-6-8-10-12-14-16-18(20)21;/h2-17H2,1H3,(H,20,21);/q;+1/p-1. The molecule has 0 N–H and O–H groups in total. The number of unbranched alkanes of at least 4 members (excludes halogenated alkanes) is 13. The molecular formula is C19H35BaO4. The van der Waals surface area contributed by atoms with E-state index in [0.717, 1.165) is 32.1 Å². The van der Waals surface area contributed by atoms with Crippen molar-refractivity contribution >= 4 is 60.8 Å². The summed E-state index contributed by atoms with van der Waals surface area (Å²) in [5, 5.41) is 10.2. The van der Waals surface area contributed by atoms with Crippen molar-refractivity contribution < 1.29 is 19.4 Å². The fraction of sp³-hybridized carbons (Fsp3) is 0.895. The predicted octanol–water partition coefficient (Wildman–Crippen LogP) is 3.77. The second-order valence-electron chi connectivity index (χ2n) is 6.40. The van der Waals surface area contributed by atoms with Gasteiger partial charge in [-0.3, -0.25) is 4.79 Å². The number of esters is 1. The van der Waals surface area contributed by atoms with Crippen LogP contribution in [0.3, 0.4) is 0 Å². The molecule has 0 bridgehead atoms. The van der Waals surface area contributed by atoms with Crippen LogP contribution in [-0.2, 0) is 14.3 Å². The molecule has 0 amide bonds. The number of carboxylic acids is 1. The Morgan fingerprint density at radius 2 is 0.917 bits per heavy atom. The second-order valence-corrected chi connectivity index (χ2v) is 6.40. The molecule has 137 valence electrons. The maximum Gasteiger partial charge on any atom is 1.00 e. The SMILES string of the molecule is COC(=O)CCCCCCCCCCCCCCCCC(=O)[O-].[Ba+]. The molecule has 4 nitrogen and oxygen atoms in total. The molecule has 5 heteroatoms. The monoisotopic (exact) mass is 465 g/mol. The van der Waals surface area contributed by atoms with Crippen molar-refractivity contribution in [3.05, 3.63) is 0 Å². The van der Waals surface area contributed by atoms with Crippen molar-refractivity contribution in [2.45, 2.75) is 103 Å². The van der Waals surface area contributed by atoms with Crippen molar-refractivity contribution in [1.82, 2.24) is 0 Å². The Balaban J connectivity index is 0. The molecule has 0 aliphatic heterocycles. The van der Waals surface area contributed by atoms with E-state index in [1.165, 1.54) is 64.9 Å². The van der Waals surface area contributed by atoms with Gasteiger partial charge in [0, 0.05) is 12.4 Å². The van der Waals surface area contributed by atoms with Gasteiger partial charge in [0.2, 0.25) is 0 Å². The third-order valence-corrected chi connectivity index (χ3v) is 4.24. The molecule has 0 aromatic heterocycles. The first-order chi connectivity index (χ1) is 11.2. The van der Waals surface area contributed by atoms with Crippen molar-refractivity contribution in [1.29, 1.82) is 0 Å². The Labute approximate surface area is 188 Å². The summed E-state index contributed by atoms with van der Waals surface area (Å²) in [5.74, 6) is -1.02. The Morgan fingerprint density at radius 1 is 0.625 bits per heavy atom. The van der Waals surface area contributed by atoms with Gasteiger partial charge in [-0.2, -0.15) is 0 Å². The van der Waals surface area contributed by atoms with Crippen molar-refractivity contribution in [2.24, 2.45) is 0 Å². The van der Waals surface area contributed by atoms with Crippen molar-refractivity contribution in [2.75, 3.05) is 7.11 Å². The summed E-state index contributed by atoms with van der Waals surface area (Å²) in [6, 6.07) is 0. The van der Waals surface area contributed by atoms with E-state index >= 15 is 0 Å². The Kier molecular flexibility index (Phi) is 24.0. The molecule has 0 heterocycles. The number of carboxylic acid groups (broad SMARTS) is 1. The van der Waals surface area contributed by atoms with E-state index < -0.39 is 5.97 Å². The molecule has 0 aromatic rings. The van der Waals surface area contributed by atoms with Gasteiger partial charge >= 0.3 is 54.9 Å². The number of ether oxygens (including phenoxy) is 1. The fourth-order valence-corrected chi connectivity index (χ4v) is 2.76. The maximum absolute atomic E-state index is 10.9. The van der Waals surface area contributed by atoms with Gasteiger partial charge in [0.25, 0.3) is 0 Å². The molecule has 0 unspecified atom stereocenters. The average Bonchev–Trinajstić information content (AvgIpc) is 2.53. The summed E-state index contributed by atoms with van der Waals surface area (Å²) < 4.78 is 4.61. The van der Waals surface area contributed by atoms with Gasteiger partial charge in [-0.05, 0) is 19.3 Å². The van der Waals surface area contributed by atoms with Crippen LogP contribution in [-0.4, -0.2) is 67.9 Å². The molecule has 0 atom stereocenters. The number of carbonyl (C=O) groups is 2. The van der Waals surface area contributed by atoms with E-state index in [2.05, 4.69) is 4.74 Å². The smallest absolute Gasteiger partial charge is 0.550 e. The minimum atomic E-state index is -0.923. The number of hydrogen-bond donors (Lipinski definition) is 0. The minimum Gasteiger partial charge on any atom is -0.550 e. The van der Waals surface area contributed by atoms with E-state index in [0.29, 0.717) is 6.42 Å². The number of aliphatic carboxylic acids is 1. The Bertz CT molecular complexity index is 295. The number of rotatable bonds is 17. The van der Waals surface area contributed by atoms with Crippen LogP contribution in [0.25, 0.3) is 0 Å². The van der Waals surface area contributed by atoms with E-state index in [-0.39, 0.29) is 61.3 Å². The summed E-state index contributed by atoms with van der Waals surface area (Å²) >= 11 is 0. The van der Waals surface area contributed by atoms with E-state index in [9.17, 15) is 14.7 Å². The van der Waals surface area contributed by atoms with Crippen LogP contribution >= 0.6 is 0 Å². The Hall–Kier alpha value is 0.511. The topological polar surface area (TPSA) is 66.4 Å². The largest absolute Gasteiger partial charge is 1.00 e. The zero-order chi connectivity index (χ0) is 17.2. The molecule has 0 aliphatic rings. The Morgan fingerprint density at radius 3 is 1.21 bits per heavy atom. The maximum atomic E-state index is 10.9. The molecule has 0 aromatic carbocycles. The van der Waals surface area contributed by atoms with Gasteiger partial charge < -0.3 is 14.6 Å². The van der Waals surface area contributed by atoms with Gasteiger partial charge in [-0.25, -0.2) is 0 Å². The average molecular weight is 465 g/mol. The number of hydrogen-bond acceptors (Lipinski definition) is 4. The molecule has 0 rings (SSSR count). The van der Waals surface area contributed by atoms with Gasteiger partial charge in [0.15, 0.2) is 0 Å². The molecule has 24 heavy (non-hydrogen) atoms. The first-order valence-electron chi connectivity index (χ1n) is 9.43. The number of methoxy groups -OCH3 is 1. The quantitative estimate of drug-likeness (QED) is 0.187. The zero-order valence-corrected chi connectivity index (χ0v) is 20.1. The van der Waals surface area contributed by atoms with Crippen LogP contribution in [0.2, 0.25) is 0 Å². The summed E-state index contributed by atoms with van der Waals surface area (Å²) in [6.45, 7) is 0. The van der Waals surface area contributed by atoms with Gasteiger partial charge in [0.1, 0.15) is 0 Å². The molecule has 0 aliphatic carbocycles. The minimum absolute atomic E-state index is 0. The van der Waals surface area contributed by atoms with Crippen LogP contribution in [0.4, 0.5) is 0 Å². The molecule has 0 saturated carbocycles. The summed E-state index contributed by atoms with van der Waals surface area (Å²) in [4.78, 5) is 21.2. The molecule has 0 fully saturated rings. The van der Waals surface area contributed by atoms with E-state index in [4.69, 9.17) is 0 Å². The van der Waals surface area contributed by atoms with Crippen LogP contribution in [0.15, 0.2) is 0 Å². The third kappa shape index (κ3) is 22.5. The zero-order valence-electron chi connectivity index (χ0n) is 15.7. The third-order valence-electron chi connectivity index (χ3n) is 4.24. The van der Waals surface area contributed by atoms with Crippen LogP contribution in [0.5, 0.6) is 0 Å². The van der Waals surface area contributed by atoms with Gasteiger partial charge in [0.05, 0.1) is 7.11 Å². The number of carbonyl (C=O) groups excluding carboxylic acids is 2. The summed E-state index contributed by atoms with van der Waals surface area (Å²) in [6.07, 6.45) is 17.4. The van der Waals surface area contributed by atoms with E-state index in [1.54, 1.807) is 0 Å². The predicted molar refractivity (Wildman–Crippen MR) is 96.6 cm³/mol. The second kappa shape index (κ2) is 21.6. The van der Waals surface area contributed by atoms with Gasteiger partial charge in [-0.15, -0.1) is 0 Å².